The van der Waals surface area contributed by atoms with E-state index in [-0.39, 0.29) is 0 Å². The van der Waals surface area contributed by atoms with Crippen LogP contribution in [0.2, 0.25) is 0 Å². The van der Waals surface area contributed by atoms with Crippen molar-refractivity contribution in [1.82, 2.24) is 14.9 Å². The lowest BCUT2D eigenvalue weighted by atomic mass is 10.3. The molecule has 3 nitrogen and oxygen atoms in total. The lowest BCUT2D eigenvalue weighted by Gasteiger charge is -2.12. The van der Waals surface area contributed by atoms with Crippen LogP contribution in [0.3, 0.4) is 0 Å². The molecule has 2 aromatic heterocycles. The Balaban J connectivity index is 1.92. The van der Waals surface area contributed by atoms with Crippen molar-refractivity contribution >= 4 is 11.3 Å². The fourth-order valence-corrected chi connectivity index (χ4v) is 2.38. The standard InChI is InChI=1S/C12H17N3S/c1-3-15-7-4-5-11(15)9-14-10(2)12-13-6-8-16-12/h4-8,10,14H,3,9H2,1-2H3. The Kier molecular flexibility index (Phi) is 3.74. The third-order valence-corrected chi connectivity index (χ3v) is 3.63. The van der Waals surface area contributed by atoms with E-state index in [0.29, 0.717) is 6.04 Å². The monoisotopic (exact) mass is 235 g/mol. The fraction of sp³-hybridized carbons (Fsp3) is 0.417. The lowest BCUT2D eigenvalue weighted by molar-refractivity contribution is 0.547. The first-order valence-corrected chi connectivity index (χ1v) is 6.46. The summed E-state index contributed by atoms with van der Waals surface area (Å²) in [5.74, 6) is 0. The Bertz CT molecular complexity index is 419. The highest BCUT2D eigenvalue weighted by Crippen LogP contribution is 2.15. The molecule has 0 aliphatic carbocycles. The van der Waals surface area contributed by atoms with Gasteiger partial charge in [-0.2, -0.15) is 0 Å². The maximum absolute atomic E-state index is 4.31. The van der Waals surface area contributed by atoms with Gasteiger partial charge in [0.05, 0.1) is 6.04 Å². The minimum atomic E-state index is 0.320. The van der Waals surface area contributed by atoms with Gasteiger partial charge in [-0.15, -0.1) is 11.3 Å². The molecule has 0 radical (unpaired) electrons. The Morgan fingerprint density at radius 1 is 1.56 bits per heavy atom. The minimum Gasteiger partial charge on any atom is -0.351 e. The normalized spacial score (nSPS) is 12.9. The molecule has 16 heavy (non-hydrogen) atoms. The summed E-state index contributed by atoms with van der Waals surface area (Å²) in [7, 11) is 0. The van der Waals surface area contributed by atoms with Crippen molar-refractivity contribution in [2.75, 3.05) is 0 Å². The van der Waals surface area contributed by atoms with Gasteiger partial charge in [-0.1, -0.05) is 0 Å². The molecule has 0 bridgehead atoms. The largest absolute Gasteiger partial charge is 0.351 e. The summed E-state index contributed by atoms with van der Waals surface area (Å²) in [6.07, 6.45) is 3.97. The maximum atomic E-state index is 4.31. The van der Waals surface area contributed by atoms with Crippen molar-refractivity contribution in [3.8, 4) is 0 Å². The van der Waals surface area contributed by atoms with Crippen LogP contribution in [0.4, 0.5) is 0 Å². The maximum Gasteiger partial charge on any atom is 0.109 e. The van der Waals surface area contributed by atoms with E-state index in [4.69, 9.17) is 0 Å². The molecular weight excluding hydrogens is 218 g/mol. The van der Waals surface area contributed by atoms with Crippen LogP contribution in [-0.2, 0) is 13.1 Å². The molecule has 1 atom stereocenters. The number of thiazole rings is 1. The molecule has 0 saturated heterocycles. The highest BCUT2D eigenvalue weighted by Gasteiger charge is 2.07. The molecule has 0 aliphatic heterocycles. The SMILES string of the molecule is CCn1cccc1CNC(C)c1nccs1. The van der Waals surface area contributed by atoms with Gasteiger partial charge in [0.15, 0.2) is 0 Å². The smallest absolute Gasteiger partial charge is 0.109 e. The molecular formula is C12H17N3S. The van der Waals surface area contributed by atoms with E-state index in [0.717, 1.165) is 18.1 Å². The fourth-order valence-electron chi connectivity index (χ4n) is 1.71. The Morgan fingerprint density at radius 3 is 3.12 bits per heavy atom. The van der Waals surface area contributed by atoms with Gasteiger partial charge in [0.2, 0.25) is 0 Å². The zero-order chi connectivity index (χ0) is 11.4. The summed E-state index contributed by atoms with van der Waals surface area (Å²) in [6, 6.07) is 4.57. The van der Waals surface area contributed by atoms with Crippen LogP contribution >= 0.6 is 11.3 Å². The van der Waals surface area contributed by atoms with Crippen molar-refractivity contribution in [3.63, 3.8) is 0 Å². The van der Waals surface area contributed by atoms with E-state index in [1.54, 1.807) is 11.3 Å². The molecule has 0 spiro atoms. The highest BCUT2D eigenvalue weighted by atomic mass is 32.1. The lowest BCUT2D eigenvalue weighted by Crippen LogP contribution is -2.19. The zero-order valence-electron chi connectivity index (χ0n) is 9.68. The van der Waals surface area contributed by atoms with Crippen LogP contribution in [0.25, 0.3) is 0 Å². The van der Waals surface area contributed by atoms with Gasteiger partial charge >= 0.3 is 0 Å². The summed E-state index contributed by atoms with van der Waals surface area (Å²) in [5, 5.41) is 6.65. The van der Waals surface area contributed by atoms with E-state index in [9.17, 15) is 0 Å². The molecule has 2 aromatic rings. The second kappa shape index (κ2) is 5.27. The van der Waals surface area contributed by atoms with Crippen molar-refractivity contribution in [3.05, 3.63) is 40.6 Å². The molecule has 1 N–H and O–H groups in total. The van der Waals surface area contributed by atoms with Gasteiger partial charge in [-0.25, -0.2) is 4.98 Å². The molecule has 0 fully saturated rings. The first kappa shape index (κ1) is 11.4. The van der Waals surface area contributed by atoms with Gasteiger partial charge in [0, 0.05) is 36.6 Å². The predicted octanol–water partition coefficient (Wildman–Crippen LogP) is 2.82. The van der Waals surface area contributed by atoms with Crippen molar-refractivity contribution in [1.29, 1.82) is 0 Å². The van der Waals surface area contributed by atoms with Crippen LogP contribution in [0.1, 0.15) is 30.6 Å². The van der Waals surface area contributed by atoms with Crippen LogP contribution in [0.15, 0.2) is 29.9 Å². The number of aryl methyl sites for hydroxylation is 1. The van der Waals surface area contributed by atoms with E-state index in [1.165, 1.54) is 5.69 Å². The van der Waals surface area contributed by atoms with Crippen LogP contribution in [0, 0.1) is 0 Å². The topological polar surface area (TPSA) is 29.9 Å². The van der Waals surface area contributed by atoms with Crippen LogP contribution in [0.5, 0.6) is 0 Å². The molecule has 4 heteroatoms. The van der Waals surface area contributed by atoms with Gasteiger partial charge in [-0.05, 0) is 26.0 Å². The number of nitrogens with zero attached hydrogens (tertiary/aromatic N) is 2. The molecule has 2 rings (SSSR count). The van der Waals surface area contributed by atoms with Crippen molar-refractivity contribution < 1.29 is 0 Å². The zero-order valence-corrected chi connectivity index (χ0v) is 10.5. The molecule has 0 aliphatic rings. The first-order valence-electron chi connectivity index (χ1n) is 5.58. The predicted molar refractivity (Wildman–Crippen MR) is 67.5 cm³/mol. The molecule has 2 heterocycles. The number of hydrogen-bond donors (Lipinski definition) is 1. The summed E-state index contributed by atoms with van der Waals surface area (Å²) in [4.78, 5) is 4.31. The number of hydrogen-bond acceptors (Lipinski definition) is 3. The summed E-state index contributed by atoms with van der Waals surface area (Å²) in [5.41, 5.74) is 1.32. The molecule has 1 unspecified atom stereocenters. The molecule has 86 valence electrons. The quantitative estimate of drug-likeness (QED) is 0.863. The average Bonchev–Trinajstić information content (AvgIpc) is 2.96. The Labute approximate surface area is 100 Å². The first-order chi connectivity index (χ1) is 7.81. The third-order valence-electron chi connectivity index (χ3n) is 2.68. The number of rotatable bonds is 5. The summed E-state index contributed by atoms with van der Waals surface area (Å²) in [6.45, 7) is 6.23. The van der Waals surface area contributed by atoms with Gasteiger partial charge in [-0.3, -0.25) is 0 Å². The van der Waals surface area contributed by atoms with Gasteiger partial charge in [0.1, 0.15) is 5.01 Å². The molecule has 0 amide bonds. The van der Waals surface area contributed by atoms with Crippen LogP contribution in [-0.4, -0.2) is 9.55 Å². The summed E-state index contributed by atoms with van der Waals surface area (Å²) >= 11 is 1.70. The average molecular weight is 235 g/mol. The van der Waals surface area contributed by atoms with Gasteiger partial charge < -0.3 is 9.88 Å². The van der Waals surface area contributed by atoms with Crippen molar-refractivity contribution in [2.45, 2.75) is 33.0 Å². The van der Waals surface area contributed by atoms with E-state index < -0.39 is 0 Å². The van der Waals surface area contributed by atoms with E-state index in [1.807, 2.05) is 11.6 Å². The third kappa shape index (κ3) is 2.51. The van der Waals surface area contributed by atoms with Crippen LogP contribution < -0.4 is 5.32 Å². The summed E-state index contributed by atoms with van der Waals surface area (Å²) < 4.78 is 2.25. The second-order valence-electron chi connectivity index (χ2n) is 3.76. The second-order valence-corrected chi connectivity index (χ2v) is 4.68. The molecule has 0 saturated carbocycles. The van der Waals surface area contributed by atoms with E-state index >= 15 is 0 Å². The van der Waals surface area contributed by atoms with Crippen molar-refractivity contribution in [2.24, 2.45) is 0 Å². The Hall–Kier alpha value is -1.13. The van der Waals surface area contributed by atoms with E-state index in [2.05, 4.69) is 47.0 Å². The number of nitrogens with one attached hydrogen (secondary N) is 1. The highest BCUT2D eigenvalue weighted by molar-refractivity contribution is 7.09. The Morgan fingerprint density at radius 2 is 2.44 bits per heavy atom. The van der Waals surface area contributed by atoms with Gasteiger partial charge in [0.25, 0.3) is 0 Å². The number of aromatic nitrogens is 2. The molecule has 0 aromatic carbocycles. The minimum absolute atomic E-state index is 0.320.